The van der Waals surface area contributed by atoms with Crippen molar-refractivity contribution in [1.82, 2.24) is 5.32 Å². The number of nitrogens with one attached hydrogen (secondary N) is 1. The van der Waals surface area contributed by atoms with Crippen molar-refractivity contribution in [2.45, 2.75) is 0 Å². The predicted molar refractivity (Wildman–Crippen MR) is 52.9 cm³/mol. The fraction of sp³-hybridized carbons (Fsp3) is 0. The van der Waals surface area contributed by atoms with Gasteiger partial charge in [0.15, 0.2) is 5.94 Å². The van der Waals surface area contributed by atoms with Crippen LogP contribution >= 0.6 is 34.2 Å². The standard InChI is InChI=1S/C7H2ClIN2O/c8-7-5(9)1-4(2-10)6(3-12)11-7/h1,11H. The van der Waals surface area contributed by atoms with E-state index < -0.39 is 0 Å². The van der Waals surface area contributed by atoms with Crippen molar-refractivity contribution < 1.29 is 4.79 Å². The highest BCUT2D eigenvalue weighted by molar-refractivity contribution is 14.1. The maximum Gasteiger partial charge on any atom is 0.152 e. The third-order valence-electron chi connectivity index (χ3n) is 1.21. The van der Waals surface area contributed by atoms with Gasteiger partial charge < -0.3 is 5.32 Å². The average Bonchev–Trinajstić information content (AvgIpc) is 2.09. The summed E-state index contributed by atoms with van der Waals surface area (Å²) in [4.78, 5) is 10.3. The summed E-state index contributed by atoms with van der Waals surface area (Å²) in [5, 5.41) is 11.5. The monoisotopic (exact) mass is 292 g/mol. The van der Waals surface area contributed by atoms with Crippen LogP contribution in [0.3, 0.4) is 0 Å². The summed E-state index contributed by atoms with van der Waals surface area (Å²) < 4.78 is 0.699. The van der Waals surface area contributed by atoms with Crippen LogP contribution in [0, 0.1) is 11.3 Å². The van der Waals surface area contributed by atoms with Crippen LogP contribution in [0.15, 0.2) is 26.1 Å². The minimum Gasteiger partial charge on any atom is -0.335 e. The first-order valence-corrected chi connectivity index (χ1v) is 4.34. The summed E-state index contributed by atoms with van der Waals surface area (Å²) in [6.07, 6.45) is 1.53. The molecule has 1 aliphatic rings. The van der Waals surface area contributed by atoms with Crippen molar-refractivity contribution in [3.8, 4) is 6.07 Å². The van der Waals surface area contributed by atoms with Crippen LogP contribution < -0.4 is 5.32 Å². The van der Waals surface area contributed by atoms with E-state index in [1.165, 1.54) is 6.08 Å². The Morgan fingerprint density at radius 3 is 2.83 bits per heavy atom. The number of dihydropyridines is 1. The topological polar surface area (TPSA) is 52.9 Å². The van der Waals surface area contributed by atoms with Crippen LogP contribution in [0.1, 0.15) is 0 Å². The molecule has 0 spiro atoms. The molecule has 1 aliphatic heterocycles. The average molecular weight is 292 g/mol. The van der Waals surface area contributed by atoms with Gasteiger partial charge in [-0.05, 0) is 28.7 Å². The maximum atomic E-state index is 10.3. The molecule has 0 atom stereocenters. The maximum absolute atomic E-state index is 10.3. The van der Waals surface area contributed by atoms with Crippen molar-refractivity contribution in [1.29, 1.82) is 5.26 Å². The van der Waals surface area contributed by atoms with Gasteiger partial charge in [0.05, 0.1) is 5.57 Å². The van der Waals surface area contributed by atoms with E-state index in [0.29, 0.717) is 8.74 Å². The third-order valence-corrected chi connectivity index (χ3v) is 2.68. The Balaban J connectivity index is 3.21. The molecule has 0 radical (unpaired) electrons. The Kier molecular flexibility index (Phi) is 2.93. The number of rotatable bonds is 0. The molecule has 0 aromatic rings. The predicted octanol–water partition coefficient (Wildman–Crippen LogP) is 1.60. The number of halogens is 2. The molecular weight excluding hydrogens is 290 g/mol. The summed E-state index contributed by atoms with van der Waals surface area (Å²) in [6.45, 7) is 0. The van der Waals surface area contributed by atoms with E-state index in [1.54, 1.807) is 5.94 Å². The Morgan fingerprint density at radius 1 is 1.67 bits per heavy atom. The molecule has 0 saturated heterocycles. The van der Waals surface area contributed by atoms with Crippen LogP contribution in [0.5, 0.6) is 0 Å². The SMILES string of the molecule is N#CC1=CC(I)=C(Cl)NC1=C=O. The largest absolute Gasteiger partial charge is 0.335 e. The van der Waals surface area contributed by atoms with Crippen LogP contribution in [0.25, 0.3) is 0 Å². The van der Waals surface area contributed by atoms with Gasteiger partial charge in [-0.2, -0.15) is 5.26 Å². The summed E-state index contributed by atoms with van der Waals surface area (Å²) in [7, 11) is 0. The summed E-state index contributed by atoms with van der Waals surface area (Å²) >= 11 is 7.63. The molecule has 0 fully saturated rings. The number of hydrogen-bond donors (Lipinski definition) is 1. The molecule has 0 aliphatic carbocycles. The highest BCUT2D eigenvalue weighted by Gasteiger charge is 2.14. The van der Waals surface area contributed by atoms with Crippen molar-refractivity contribution in [2.24, 2.45) is 0 Å². The molecule has 1 heterocycles. The summed E-state index contributed by atoms with van der Waals surface area (Å²) in [5.41, 5.74) is 0.335. The Labute approximate surface area is 87.5 Å². The van der Waals surface area contributed by atoms with E-state index in [9.17, 15) is 4.79 Å². The molecule has 12 heavy (non-hydrogen) atoms. The molecule has 0 saturated carbocycles. The second-order valence-electron chi connectivity index (χ2n) is 1.93. The lowest BCUT2D eigenvalue weighted by molar-refractivity contribution is 0.566. The molecule has 0 aromatic heterocycles. The minimum absolute atomic E-state index is 0.0860. The fourth-order valence-electron chi connectivity index (χ4n) is 0.668. The van der Waals surface area contributed by atoms with Gasteiger partial charge in [0.1, 0.15) is 16.9 Å². The van der Waals surface area contributed by atoms with Gasteiger partial charge in [0, 0.05) is 3.58 Å². The zero-order valence-electron chi connectivity index (χ0n) is 5.69. The molecular formula is C7H2ClIN2O. The van der Waals surface area contributed by atoms with Crippen LogP contribution in [-0.4, -0.2) is 5.94 Å². The van der Waals surface area contributed by atoms with Gasteiger partial charge in [-0.3, -0.25) is 0 Å². The van der Waals surface area contributed by atoms with E-state index in [0.717, 1.165) is 0 Å². The van der Waals surface area contributed by atoms with Gasteiger partial charge in [0.2, 0.25) is 0 Å². The highest BCUT2D eigenvalue weighted by Crippen LogP contribution is 2.24. The lowest BCUT2D eigenvalue weighted by Gasteiger charge is -2.11. The quantitative estimate of drug-likeness (QED) is 0.419. The van der Waals surface area contributed by atoms with Crippen LogP contribution in [-0.2, 0) is 4.79 Å². The molecule has 0 amide bonds. The Morgan fingerprint density at radius 2 is 2.33 bits per heavy atom. The van der Waals surface area contributed by atoms with Gasteiger partial charge in [-0.25, -0.2) is 4.79 Å². The molecule has 5 heteroatoms. The molecule has 60 valence electrons. The molecule has 1 rings (SSSR count). The Bertz CT molecular complexity index is 371. The second-order valence-corrected chi connectivity index (χ2v) is 3.47. The van der Waals surface area contributed by atoms with E-state index in [-0.39, 0.29) is 11.3 Å². The van der Waals surface area contributed by atoms with E-state index >= 15 is 0 Å². The van der Waals surface area contributed by atoms with Crippen molar-refractivity contribution in [3.63, 3.8) is 0 Å². The van der Waals surface area contributed by atoms with Crippen LogP contribution in [0.4, 0.5) is 0 Å². The first-order chi connectivity index (χ1) is 5.69. The van der Waals surface area contributed by atoms with Crippen LogP contribution in [0.2, 0.25) is 0 Å². The zero-order chi connectivity index (χ0) is 9.14. The molecule has 0 bridgehead atoms. The van der Waals surface area contributed by atoms with Gasteiger partial charge >= 0.3 is 0 Å². The third kappa shape index (κ3) is 1.69. The molecule has 0 unspecified atom stereocenters. The number of nitriles is 1. The zero-order valence-corrected chi connectivity index (χ0v) is 8.60. The van der Waals surface area contributed by atoms with Crippen molar-refractivity contribution in [3.05, 3.63) is 26.1 Å². The molecule has 3 nitrogen and oxygen atoms in total. The lowest BCUT2D eigenvalue weighted by Crippen LogP contribution is -2.15. The van der Waals surface area contributed by atoms with Crippen molar-refractivity contribution in [2.75, 3.05) is 0 Å². The fourth-order valence-corrected chi connectivity index (χ4v) is 1.26. The van der Waals surface area contributed by atoms with Gasteiger partial charge in [-0.1, -0.05) is 11.6 Å². The van der Waals surface area contributed by atoms with Gasteiger partial charge in [0.25, 0.3) is 0 Å². The number of allylic oxidation sites excluding steroid dienone is 3. The number of hydrogen-bond acceptors (Lipinski definition) is 3. The number of nitrogens with zero attached hydrogens (tertiary/aromatic N) is 1. The minimum atomic E-state index is 0.0860. The lowest BCUT2D eigenvalue weighted by atomic mass is 10.2. The van der Waals surface area contributed by atoms with E-state index in [4.69, 9.17) is 16.9 Å². The summed E-state index contributed by atoms with van der Waals surface area (Å²) in [5.74, 6) is 1.60. The first-order valence-electron chi connectivity index (χ1n) is 2.88. The number of carbonyl (C=O) groups excluding carboxylic acids is 1. The summed E-state index contributed by atoms with van der Waals surface area (Å²) in [6, 6.07) is 1.86. The Hall–Kier alpha value is -0.760. The second kappa shape index (κ2) is 3.76. The van der Waals surface area contributed by atoms with Gasteiger partial charge in [-0.15, -0.1) is 0 Å². The molecule has 1 N–H and O–H groups in total. The smallest absolute Gasteiger partial charge is 0.152 e. The first kappa shape index (κ1) is 9.33. The normalized spacial score (nSPS) is 16.1. The van der Waals surface area contributed by atoms with E-state index in [2.05, 4.69) is 5.32 Å². The highest BCUT2D eigenvalue weighted by atomic mass is 127. The molecule has 0 aromatic carbocycles. The van der Waals surface area contributed by atoms with E-state index in [1.807, 2.05) is 28.7 Å². The van der Waals surface area contributed by atoms with Crippen molar-refractivity contribution >= 4 is 40.1 Å².